The molecule has 2 aromatic heterocycles. The summed E-state index contributed by atoms with van der Waals surface area (Å²) in [5.41, 5.74) is 8.35. The van der Waals surface area contributed by atoms with Crippen LogP contribution in [0.1, 0.15) is 48.6 Å². The number of ether oxygens (including phenoxy) is 1. The number of anilines is 3. The number of hydrogen-bond donors (Lipinski definition) is 2. The van der Waals surface area contributed by atoms with Crippen LogP contribution >= 0.6 is 12.2 Å². The Hall–Kier alpha value is -4.21. The van der Waals surface area contributed by atoms with Crippen LogP contribution in [0.3, 0.4) is 0 Å². The normalized spacial score (nSPS) is 16.4. The molecular weight excluding hydrogens is 544 g/mol. The lowest BCUT2D eigenvalue weighted by Crippen LogP contribution is -2.29. The number of benzene rings is 2. The van der Waals surface area contributed by atoms with Crippen molar-refractivity contribution < 1.29 is 9.53 Å². The highest BCUT2D eigenvalue weighted by atomic mass is 32.1. The number of hydrogen-bond acceptors (Lipinski definition) is 5. The van der Waals surface area contributed by atoms with Gasteiger partial charge in [-0.25, -0.2) is 0 Å². The molecular formula is C33H38N6O2S. The smallest absolute Gasteiger partial charge is 0.250 e. The highest BCUT2D eigenvalue weighted by Gasteiger charge is 2.42. The van der Waals surface area contributed by atoms with E-state index in [1.807, 2.05) is 48.7 Å². The highest BCUT2D eigenvalue weighted by Crippen LogP contribution is 2.44. The van der Waals surface area contributed by atoms with E-state index in [1.165, 1.54) is 18.4 Å². The molecule has 1 fully saturated rings. The predicted molar refractivity (Wildman–Crippen MR) is 174 cm³/mol. The molecule has 42 heavy (non-hydrogen) atoms. The maximum absolute atomic E-state index is 12.0. The van der Waals surface area contributed by atoms with E-state index in [-0.39, 0.29) is 24.6 Å². The first-order chi connectivity index (χ1) is 20.4. The van der Waals surface area contributed by atoms with Gasteiger partial charge < -0.3 is 29.7 Å². The molecule has 2 aromatic carbocycles. The summed E-state index contributed by atoms with van der Waals surface area (Å²) in [7, 11) is 1.50. The third kappa shape index (κ3) is 5.75. The second-order valence-corrected chi connectivity index (χ2v) is 10.8. The van der Waals surface area contributed by atoms with Crippen LogP contribution in [-0.4, -0.2) is 47.4 Å². The SMILES string of the molecule is CCN(CC)c1ccc(-n2c(C)cc([C@H]3[C@@H](c4ccccn4)NC(=S)N3c3ccc(NC(=O)COC)cc3)c2C)cc1. The Morgan fingerprint density at radius 3 is 2.33 bits per heavy atom. The van der Waals surface area contributed by atoms with Crippen molar-refractivity contribution in [1.29, 1.82) is 0 Å². The fourth-order valence-electron chi connectivity index (χ4n) is 5.87. The molecule has 1 amide bonds. The third-order valence-corrected chi connectivity index (χ3v) is 8.14. The van der Waals surface area contributed by atoms with Crippen LogP contribution in [0.5, 0.6) is 0 Å². The number of methoxy groups -OCH3 is 1. The standard InChI is InChI=1S/C33H38N6O2S/c1-6-37(7-2)25-15-17-26(18-16-25)38-22(3)20-28(23(38)4)32-31(29-10-8-9-19-34-29)36-33(42)39(32)27-13-11-24(12-14-27)35-30(40)21-41-5/h8-20,31-32H,6-7,21H2,1-5H3,(H,35,40)(H,36,42)/t31-,32+/m1/s1. The van der Waals surface area contributed by atoms with Crippen molar-refractivity contribution >= 4 is 40.3 Å². The topological polar surface area (TPSA) is 74.7 Å². The zero-order chi connectivity index (χ0) is 29.8. The summed E-state index contributed by atoms with van der Waals surface area (Å²) in [4.78, 5) is 21.2. The summed E-state index contributed by atoms with van der Waals surface area (Å²) in [6.45, 7) is 10.6. The average Bonchev–Trinajstić information content (AvgIpc) is 3.49. The number of aromatic nitrogens is 2. The molecule has 0 spiro atoms. The number of amides is 1. The van der Waals surface area contributed by atoms with Crippen molar-refractivity contribution in [3.63, 3.8) is 0 Å². The number of thiocarbonyl (C=S) groups is 1. The first kappa shape index (κ1) is 29.3. The van der Waals surface area contributed by atoms with Crippen molar-refractivity contribution in [1.82, 2.24) is 14.9 Å². The van der Waals surface area contributed by atoms with Crippen LogP contribution in [0.2, 0.25) is 0 Å². The molecule has 1 aliphatic heterocycles. The molecule has 0 aliphatic carbocycles. The molecule has 3 heterocycles. The van der Waals surface area contributed by atoms with Gasteiger partial charge in [-0.1, -0.05) is 6.07 Å². The quantitative estimate of drug-likeness (QED) is 0.219. The van der Waals surface area contributed by atoms with Crippen molar-refractivity contribution in [2.75, 3.05) is 41.9 Å². The molecule has 5 rings (SSSR count). The lowest BCUT2D eigenvalue weighted by molar-refractivity contribution is -0.119. The van der Waals surface area contributed by atoms with Crippen LogP contribution < -0.4 is 20.4 Å². The Kier molecular flexibility index (Phi) is 8.89. The molecule has 8 nitrogen and oxygen atoms in total. The second kappa shape index (κ2) is 12.8. The van der Waals surface area contributed by atoms with E-state index in [1.54, 1.807) is 0 Å². The first-order valence-corrected chi connectivity index (χ1v) is 14.7. The fraction of sp³-hybridized carbons (Fsp3) is 0.303. The summed E-state index contributed by atoms with van der Waals surface area (Å²) >= 11 is 5.94. The lowest BCUT2D eigenvalue weighted by Gasteiger charge is -2.28. The van der Waals surface area contributed by atoms with Gasteiger partial charge in [0.05, 0.1) is 17.8 Å². The zero-order valence-corrected chi connectivity index (χ0v) is 25.6. The van der Waals surface area contributed by atoms with Crippen LogP contribution in [0, 0.1) is 13.8 Å². The van der Waals surface area contributed by atoms with Crippen LogP contribution in [0.15, 0.2) is 79.0 Å². The maximum Gasteiger partial charge on any atom is 0.250 e. The summed E-state index contributed by atoms with van der Waals surface area (Å²) in [5, 5.41) is 7.04. The Labute approximate surface area is 253 Å². The van der Waals surface area contributed by atoms with E-state index in [9.17, 15) is 4.79 Å². The van der Waals surface area contributed by atoms with Gasteiger partial charge in [0.2, 0.25) is 5.91 Å². The number of carbonyl (C=O) groups is 1. The zero-order valence-electron chi connectivity index (χ0n) is 24.8. The van der Waals surface area contributed by atoms with Gasteiger partial charge >= 0.3 is 0 Å². The Bertz CT molecular complexity index is 1530. The van der Waals surface area contributed by atoms with E-state index in [0.29, 0.717) is 10.8 Å². The monoisotopic (exact) mass is 582 g/mol. The molecule has 4 aromatic rings. The second-order valence-electron chi connectivity index (χ2n) is 10.4. The number of nitrogens with one attached hydrogen (secondary N) is 2. The van der Waals surface area contributed by atoms with Gasteiger partial charge in [0, 0.05) is 60.5 Å². The average molecular weight is 583 g/mol. The van der Waals surface area contributed by atoms with E-state index in [2.05, 4.69) is 83.0 Å². The Morgan fingerprint density at radius 2 is 1.71 bits per heavy atom. The van der Waals surface area contributed by atoms with Crippen molar-refractivity contribution in [2.24, 2.45) is 0 Å². The Morgan fingerprint density at radius 1 is 1.02 bits per heavy atom. The van der Waals surface area contributed by atoms with Gasteiger partial charge in [-0.15, -0.1) is 0 Å². The summed E-state index contributed by atoms with van der Waals surface area (Å²) < 4.78 is 7.25. The first-order valence-electron chi connectivity index (χ1n) is 14.3. The highest BCUT2D eigenvalue weighted by molar-refractivity contribution is 7.80. The predicted octanol–water partition coefficient (Wildman–Crippen LogP) is 6.10. The fourth-order valence-corrected chi connectivity index (χ4v) is 6.21. The number of nitrogens with zero attached hydrogens (tertiary/aromatic N) is 4. The largest absolute Gasteiger partial charge is 0.375 e. The van der Waals surface area contributed by atoms with Gasteiger partial charge in [-0.3, -0.25) is 9.78 Å². The number of aryl methyl sites for hydroxylation is 1. The summed E-state index contributed by atoms with van der Waals surface area (Å²) in [6, 6.07) is 24.4. The molecule has 0 radical (unpaired) electrons. The van der Waals surface area contributed by atoms with Crippen molar-refractivity contribution in [3.8, 4) is 5.69 Å². The number of pyridine rings is 1. The summed E-state index contributed by atoms with van der Waals surface area (Å²) in [5.74, 6) is -0.200. The van der Waals surface area contributed by atoms with E-state index < -0.39 is 0 Å². The molecule has 9 heteroatoms. The van der Waals surface area contributed by atoms with Gasteiger partial charge in [0.1, 0.15) is 6.61 Å². The molecule has 2 N–H and O–H groups in total. The molecule has 218 valence electrons. The van der Waals surface area contributed by atoms with E-state index in [0.717, 1.165) is 41.5 Å². The molecule has 1 saturated heterocycles. The molecule has 0 unspecified atom stereocenters. The van der Waals surface area contributed by atoms with Crippen LogP contribution in [0.25, 0.3) is 5.69 Å². The third-order valence-electron chi connectivity index (χ3n) is 7.83. The van der Waals surface area contributed by atoms with Crippen molar-refractivity contribution in [2.45, 2.75) is 39.8 Å². The number of rotatable bonds is 10. The van der Waals surface area contributed by atoms with Gasteiger partial charge in [0.15, 0.2) is 5.11 Å². The molecule has 0 bridgehead atoms. The minimum absolute atomic E-state index is 0.00349. The molecule has 0 saturated carbocycles. The minimum atomic E-state index is -0.200. The molecule has 1 aliphatic rings. The van der Waals surface area contributed by atoms with Crippen LogP contribution in [-0.2, 0) is 9.53 Å². The maximum atomic E-state index is 12.0. The van der Waals surface area contributed by atoms with Crippen molar-refractivity contribution in [3.05, 3.63) is 102 Å². The minimum Gasteiger partial charge on any atom is -0.375 e. The lowest BCUT2D eigenvalue weighted by atomic mass is 9.96. The summed E-state index contributed by atoms with van der Waals surface area (Å²) in [6.07, 6.45) is 1.82. The Balaban J connectivity index is 1.55. The van der Waals surface area contributed by atoms with E-state index >= 15 is 0 Å². The van der Waals surface area contributed by atoms with Gasteiger partial charge in [0.25, 0.3) is 0 Å². The number of carbonyl (C=O) groups excluding carboxylic acids is 1. The van der Waals surface area contributed by atoms with E-state index in [4.69, 9.17) is 21.9 Å². The molecule has 2 atom stereocenters. The van der Waals surface area contributed by atoms with Gasteiger partial charge in [-0.05, 0) is 112 Å². The van der Waals surface area contributed by atoms with Gasteiger partial charge in [-0.2, -0.15) is 0 Å². The van der Waals surface area contributed by atoms with Crippen LogP contribution in [0.4, 0.5) is 17.1 Å².